The van der Waals surface area contributed by atoms with Crippen LogP contribution in [0.15, 0.2) is 6.07 Å². The molecule has 0 fully saturated rings. The lowest BCUT2D eigenvalue weighted by Gasteiger charge is -2.16. The zero-order valence-electron chi connectivity index (χ0n) is 11.5. The van der Waals surface area contributed by atoms with Crippen molar-refractivity contribution in [3.8, 4) is 0 Å². The first-order valence-corrected chi connectivity index (χ1v) is 6.31. The number of aryl methyl sites for hydroxylation is 1. The first-order valence-electron chi connectivity index (χ1n) is 6.31. The molecule has 0 aliphatic carbocycles. The zero-order chi connectivity index (χ0) is 12.8. The summed E-state index contributed by atoms with van der Waals surface area (Å²) in [7, 11) is 1.83. The molecule has 1 atom stereocenters. The smallest absolute Gasteiger partial charge is 0.224 e. The van der Waals surface area contributed by atoms with E-state index in [1.54, 1.807) is 0 Å². The quantitative estimate of drug-likeness (QED) is 0.797. The molecule has 1 unspecified atom stereocenters. The molecule has 0 spiro atoms. The molecule has 0 aliphatic rings. The molecular formula is C13H24N4. The Labute approximate surface area is 104 Å². The number of anilines is 2. The van der Waals surface area contributed by atoms with E-state index in [-0.39, 0.29) is 0 Å². The van der Waals surface area contributed by atoms with Crippen LogP contribution in [-0.2, 0) is 0 Å². The van der Waals surface area contributed by atoms with Gasteiger partial charge in [-0.05, 0) is 32.6 Å². The van der Waals surface area contributed by atoms with E-state index in [0.717, 1.165) is 23.9 Å². The molecule has 0 radical (unpaired) electrons. The predicted octanol–water partition coefficient (Wildman–Crippen LogP) is 3.06. The molecule has 0 bridgehead atoms. The number of nitrogens with one attached hydrogen (secondary N) is 2. The molecule has 1 aromatic rings. The predicted molar refractivity (Wildman–Crippen MR) is 73.5 cm³/mol. The Bertz CT molecular complexity index is 349. The third-order valence-electron chi connectivity index (χ3n) is 2.65. The lowest BCUT2D eigenvalue weighted by atomic mass is 10.0. The first-order chi connectivity index (χ1) is 8.01. The molecule has 1 rings (SSSR count). The van der Waals surface area contributed by atoms with Gasteiger partial charge in [0.2, 0.25) is 5.95 Å². The van der Waals surface area contributed by atoms with Crippen LogP contribution in [0, 0.1) is 12.8 Å². The van der Waals surface area contributed by atoms with Crippen molar-refractivity contribution in [2.75, 3.05) is 17.7 Å². The highest BCUT2D eigenvalue weighted by molar-refractivity contribution is 5.42. The summed E-state index contributed by atoms with van der Waals surface area (Å²) in [6.45, 7) is 8.67. The Morgan fingerprint density at radius 1 is 1.18 bits per heavy atom. The highest BCUT2D eigenvalue weighted by Crippen LogP contribution is 2.13. The third-order valence-corrected chi connectivity index (χ3v) is 2.65. The van der Waals surface area contributed by atoms with Crippen LogP contribution in [0.4, 0.5) is 11.8 Å². The van der Waals surface area contributed by atoms with E-state index in [9.17, 15) is 0 Å². The minimum atomic E-state index is 0.441. The molecule has 0 aromatic carbocycles. The molecule has 4 heteroatoms. The van der Waals surface area contributed by atoms with Crippen LogP contribution in [-0.4, -0.2) is 23.1 Å². The lowest BCUT2D eigenvalue weighted by Crippen LogP contribution is -2.17. The monoisotopic (exact) mass is 236 g/mol. The summed E-state index contributed by atoms with van der Waals surface area (Å²) in [5, 5.41) is 6.39. The van der Waals surface area contributed by atoms with Crippen molar-refractivity contribution in [1.82, 2.24) is 9.97 Å². The number of nitrogens with zero attached hydrogens (tertiary/aromatic N) is 2. The minimum Gasteiger partial charge on any atom is -0.367 e. The fourth-order valence-electron chi connectivity index (χ4n) is 1.66. The van der Waals surface area contributed by atoms with E-state index in [0.29, 0.717) is 12.0 Å². The molecule has 0 saturated carbocycles. The maximum Gasteiger partial charge on any atom is 0.224 e. The number of hydrogen-bond donors (Lipinski definition) is 2. The molecule has 0 aliphatic heterocycles. The summed E-state index contributed by atoms with van der Waals surface area (Å²) in [5.74, 6) is 2.32. The van der Waals surface area contributed by atoms with E-state index in [1.165, 1.54) is 6.42 Å². The first kappa shape index (κ1) is 13.7. The van der Waals surface area contributed by atoms with Crippen molar-refractivity contribution in [2.45, 2.75) is 46.6 Å². The highest BCUT2D eigenvalue weighted by atomic mass is 15.1. The Kier molecular flexibility index (Phi) is 5.19. The fraction of sp³-hybridized carbons (Fsp3) is 0.692. The van der Waals surface area contributed by atoms with E-state index in [4.69, 9.17) is 0 Å². The van der Waals surface area contributed by atoms with Gasteiger partial charge in [-0.2, -0.15) is 4.98 Å². The van der Waals surface area contributed by atoms with Crippen LogP contribution in [0.1, 0.15) is 39.3 Å². The van der Waals surface area contributed by atoms with Crippen LogP contribution >= 0.6 is 0 Å². The minimum absolute atomic E-state index is 0.441. The summed E-state index contributed by atoms with van der Waals surface area (Å²) in [5.41, 5.74) is 0.975. The molecule has 1 heterocycles. The fourth-order valence-corrected chi connectivity index (χ4v) is 1.66. The largest absolute Gasteiger partial charge is 0.367 e. The summed E-state index contributed by atoms with van der Waals surface area (Å²) in [4.78, 5) is 8.66. The van der Waals surface area contributed by atoms with Crippen molar-refractivity contribution in [1.29, 1.82) is 0 Å². The van der Waals surface area contributed by atoms with Gasteiger partial charge in [0.05, 0.1) is 0 Å². The van der Waals surface area contributed by atoms with Crippen LogP contribution in [0.5, 0.6) is 0 Å². The molecule has 1 aromatic heterocycles. The van der Waals surface area contributed by atoms with E-state index in [2.05, 4.69) is 41.4 Å². The molecule has 0 amide bonds. The van der Waals surface area contributed by atoms with E-state index >= 15 is 0 Å². The van der Waals surface area contributed by atoms with E-state index in [1.807, 2.05) is 20.0 Å². The van der Waals surface area contributed by atoms with Gasteiger partial charge in [-0.15, -0.1) is 0 Å². The maximum atomic E-state index is 4.39. The van der Waals surface area contributed by atoms with Gasteiger partial charge < -0.3 is 10.6 Å². The van der Waals surface area contributed by atoms with Crippen molar-refractivity contribution in [2.24, 2.45) is 5.92 Å². The van der Waals surface area contributed by atoms with Gasteiger partial charge in [-0.3, -0.25) is 0 Å². The summed E-state index contributed by atoms with van der Waals surface area (Å²) in [6.07, 6.45) is 2.40. The van der Waals surface area contributed by atoms with Crippen molar-refractivity contribution >= 4 is 11.8 Å². The van der Waals surface area contributed by atoms with Crippen LogP contribution in [0.25, 0.3) is 0 Å². The molecular weight excluding hydrogens is 212 g/mol. The third kappa shape index (κ3) is 5.02. The maximum absolute atomic E-state index is 4.39. The zero-order valence-corrected chi connectivity index (χ0v) is 11.5. The molecule has 0 saturated heterocycles. The average Bonchev–Trinajstić information content (AvgIpc) is 2.25. The second kappa shape index (κ2) is 6.42. The number of aromatic nitrogens is 2. The SMILES string of the molecule is CNc1nc(C)cc(NC(C)CCC(C)C)n1. The molecule has 2 N–H and O–H groups in total. The van der Waals surface area contributed by atoms with Crippen LogP contribution < -0.4 is 10.6 Å². The van der Waals surface area contributed by atoms with Gasteiger partial charge in [0.1, 0.15) is 5.82 Å². The van der Waals surface area contributed by atoms with Crippen molar-refractivity contribution < 1.29 is 0 Å². The number of rotatable bonds is 6. The van der Waals surface area contributed by atoms with Gasteiger partial charge in [-0.1, -0.05) is 13.8 Å². The molecule has 96 valence electrons. The van der Waals surface area contributed by atoms with Gasteiger partial charge in [0.25, 0.3) is 0 Å². The van der Waals surface area contributed by atoms with Crippen LogP contribution in [0.2, 0.25) is 0 Å². The Balaban J connectivity index is 2.58. The van der Waals surface area contributed by atoms with Gasteiger partial charge in [0.15, 0.2) is 0 Å². The van der Waals surface area contributed by atoms with Crippen LogP contribution in [0.3, 0.4) is 0 Å². The molecule has 4 nitrogen and oxygen atoms in total. The summed E-state index contributed by atoms with van der Waals surface area (Å²) >= 11 is 0. The number of hydrogen-bond acceptors (Lipinski definition) is 4. The summed E-state index contributed by atoms with van der Waals surface area (Å²) < 4.78 is 0. The molecule has 17 heavy (non-hydrogen) atoms. The van der Waals surface area contributed by atoms with Crippen molar-refractivity contribution in [3.63, 3.8) is 0 Å². The Hall–Kier alpha value is -1.32. The average molecular weight is 236 g/mol. The lowest BCUT2D eigenvalue weighted by molar-refractivity contribution is 0.527. The second-order valence-electron chi connectivity index (χ2n) is 4.98. The van der Waals surface area contributed by atoms with Gasteiger partial charge >= 0.3 is 0 Å². The summed E-state index contributed by atoms with van der Waals surface area (Å²) in [6, 6.07) is 2.42. The normalized spacial score (nSPS) is 12.6. The second-order valence-corrected chi connectivity index (χ2v) is 4.98. The Morgan fingerprint density at radius 3 is 2.47 bits per heavy atom. The van der Waals surface area contributed by atoms with Crippen molar-refractivity contribution in [3.05, 3.63) is 11.8 Å². The highest BCUT2D eigenvalue weighted by Gasteiger charge is 2.06. The Morgan fingerprint density at radius 2 is 1.88 bits per heavy atom. The topological polar surface area (TPSA) is 49.8 Å². The van der Waals surface area contributed by atoms with Gasteiger partial charge in [-0.25, -0.2) is 4.98 Å². The standard InChI is InChI=1S/C13H24N4/c1-9(2)6-7-10(3)15-12-8-11(4)16-13(14-5)17-12/h8-10H,6-7H2,1-5H3,(H2,14,15,16,17). The van der Waals surface area contributed by atoms with Gasteiger partial charge in [0, 0.05) is 24.8 Å². The van der Waals surface area contributed by atoms with E-state index < -0.39 is 0 Å².